The molecule has 1 aromatic rings. The lowest BCUT2D eigenvalue weighted by molar-refractivity contribution is 0.672. The van der Waals surface area contributed by atoms with E-state index in [4.69, 9.17) is 5.84 Å². The molecule has 1 fully saturated rings. The Bertz CT molecular complexity index is 401. The largest absolute Gasteiger partial charge is 0.355 e. The Labute approximate surface area is 96.7 Å². The number of hydrazine groups is 1. The van der Waals surface area contributed by atoms with E-state index >= 15 is 0 Å². The van der Waals surface area contributed by atoms with Crippen LogP contribution in [0.5, 0.6) is 0 Å². The second kappa shape index (κ2) is 4.75. The number of rotatable bonds is 2. The van der Waals surface area contributed by atoms with Crippen molar-refractivity contribution in [3.05, 3.63) is 11.9 Å². The Hall–Kier alpha value is -1.21. The predicted molar refractivity (Wildman–Crippen MR) is 64.7 cm³/mol. The molecule has 0 atom stereocenters. The van der Waals surface area contributed by atoms with Gasteiger partial charge in [0.2, 0.25) is 0 Å². The lowest BCUT2D eigenvalue weighted by Crippen LogP contribution is -2.38. The van der Waals surface area contributed by atoms with Crippen LogP contribution < -0.4 is 16.2 Å². The second-order valence-electron chi connectivity index (χ2n) is 3.64. The van der Waals surface area contributed by atoms with E-state index < -0.39 is 10.8 Å². The van der Waals surface area contributed by atoms with Gasteiger partial charge in [-0.1, -0.05) is 0 Å². The Morgan fingerprint density at radius 1 is 1.44 bits per heavy atom. The minimum Gasteiger partial charge on any atom is -0.355 e. The van der Waals surface area contributed by atoms with Crippen LogP contribution in [-0.2, 0) is 10.8 Å². The van der Waals surface area contributed by atoms with Gasteiger partial charge in [-0.2, -0.15) is 0 Å². The fourth-order valence-electron chi connectivity index (χ4n) is 1.65. The van der Waals surface area contributed by atoms with Crippen molar-refractivity contribution < 1.29 is 4.21 Å². The maximum Gasteiger partial charge on any atom is 0.145 e. The van der Waals surface area contributed by atoms with Gasteiger partial charge in [-0.15, -0.1) is 0 Å². The van der Waals surface area contributed by atoms with Crippen molar-refractivity contribution in [1.29, 1.82) is 0 Å². The molecule has 1 aliphatic heterocycles. The van der Waals surface area contributed by atoms with E-state index in [-0.39, 0.29) is 0 Å². The van der Waals surface area contributed by atoms with Crippen LogP contribution in [0.15, 0.2) is 6.07 Å². The zero-order valence-corrected chi connectivity index (χ0v) is 9.96. The van der Waals surface area contributed by atoms with E-state index in [2.05, 4.69) is 20.3 Å². The van der Waals surface area contributed by atoms with Crippen molar-refractivity contribution in [2.75, 3.05) is 34.9 Å². The molecule has 0 aromatic carbocycles. The molecule has 0 saturated carbocycles. The van der Waals surface area contributed by atoms with Crippen LogP contribution in [0.2, 0.25) is 0 Å². The summed E-state index contributed by atoms with van der Waals surface area (Å²) >= 11 is 0. The molecule has 0 unspecified atom stereocenters. The Morgan fingerprint density at radius 2 is 2.12 bits per heavy atom. The fourth-order valence-corrected chi connectivity index (χ4v) is 2.71. The molecule has 3 N–H and O–H groups in total. The zero-order chi connectivity index (χ0) is 11.5. The second-order valence-corrected chi connectivity index (χ2v) is 5.33. The number of nitrogen functional groups attached to an aromatic ring is 1. The third-order valence-electron chi connectivity index (χ3n) is 2.47. The minimum absolute atomic E-state index is 0.606. The summed E-state index contributed by atoms with van der Waals surface area (Å²) in [5.41, 5.74) is 2.52. The average Bonchev–Trinajstić information content (AvgIpc) is 2.29. The standard InChI is InChI=1S/C9H15N5OS/c1-7-11-8(13-10)6-9(12-7)14-2-4-16(15)5-3-14/h6H,2-5,10H2,1H3,(H,11,12,13). The number of nitrogens with two attached hydrogens (primary N) is 1. The van der Waals surface area contributed by atoms with Crippen molar-refractivity contribution >= 4 is 22.4 Å². The normalized spacial score (nSPS) is 17.5. The fraction of sp³-hybridized carbons (Fsp3) is 0.556. The van der Waals surface area contributed by atoms with Gasteiger partial charge in [0, 0.05) is 41.5 Å². The third kappa shape index (κ3) is 2.48. The van der Waals surface area contributed by atoms with E-state index in [9.17, 15) is 4.21 Å². The van der Waals surface area contributed by atoms with E-state index in [1.807, 2.05) is 6.92 Å². The number of nitrogens with zero attached hydrogens (tertiary/aromatic N) is 3. The molecule has 0 amide bonds. The summed E-state index contributed by atoms with van der Waals surface area (Å²) in [5, 5.41) is 0. The Kier molecular flexibility index (Phi) is 3.35. The van der Waals surface area contributed by atoms with Crippen LogP contribution in [0.3, 0.4) is 0 Å². The van der Waals surface area contributed by atoms with Gasteiger partial charge in [0.05, 0.1) is 0 Å². The summed E-state index contributed by atoms with van der Waals surface area (Å²) in [6, 6.07) is 1.81. The van der Waals surface area contributed by atoms with E-state index in [0.717, 1.165) is 18.9 Å². The highest BCUT2D eigenvalue weighted by atomic mass is 32.2. The Morgan fingerprint density at radius 3 is 2.75 bits per heavy atom. The van der Waals surface area contributed by atoms with Crippen molar-refractivity contribution in [2.45, 2.75) is 6.92 Å². The van der Waals surface area contributed by atoms with E-state index in [1.165, 1.54) is 0 Å². The zero-order valence-electron chi connectivity index (χ0n) is 9.14. The molecule has 6 nitrogen and oxygen atoms in total. The number of nitrogens with one attached hydrogen (secondary N) is 1. The van der Waals surface area contributed by atoms with Gasteiger partial charge >= 0.3 is 0 Å². The first kappa shape index (κ1) is 11.3. The average molecular weight is 241 g/mol. The van der Waals surface area contributed by atoms with E-state index in [0.29, 0.717) is 23.1 Å². The van der Waals surface area contributed by atoms with E-state index in [1.54, 1.807) is 6.07 Å². The first-order valence-corrected chi connectivity index (χ1v) is 6.60. The molecule has 2 rings (SSSR count). The smallest absolute Gasteiger partial charge is 0.145 e. The number of aromatic nitrogens is 2. The predicted octanol–water partition coefficient (Wildman–Crippen LogP) is -0.361. The maximum atomic E-state index is 11.2. The first-order chi connectivity index (χ1) is 7.69. The highest BCUT2D eigenvalue weighted by Gasteiger charge is 2.17. The summed E-state index contributed by atoms with van der Waals surface area (Å²) in [6.07, 6.45) is 0. The molecular formula is C9H15N5OS. The highest BCUT2D eigenvalue weighted by molar-refractivity contribution is 7.85. The third-order valence-corrected chi connectivity index (χ3v) is 3.75. The van der Waals surface area contributed by atoms with Gasteiger partial charge in [0.15, 0.2) is 0 Å². The molecule has 1 aromatic heterocycles. The Balaban J connectivity index is 2.19. The van der Waals surface area contributed by atoms with Crippen molar-refractivity contribution in [1.82, 2.24) is 9.97 Å². The lowest BCUT2D eigenvalue weighted by Gasteiger charge is -2.27. The molecule has 88 valence electrons. The topological polar surface area (TPSA) is 84.1 Å². The monoisotopic (exact) mass is 241 g/mol. The van der Waals surface area contributed by atoms with Crippen molar-refractivity contribution in [2.24, 2.45) is 5.84 Å². The molecule has 1 saturated heterocycles. The summed E-state index contributed by atoms with van der Waals surface area (Å²) in [6.45, 7) is 3.37. The quantitative estimate of drug-likeness (QED) is 0.543. The van der Waals surface area contributed by atoms with Crippen LogP contribution in [0.4, 0.5) is 11.6 Å². The number of hydrogen-bond acceptors (Lipinski definition) is 6. The van der Waals surface area contributed by atoms with Crippen LogP contribution in [0.1, 0.15) is 5.82 Å². The number of hydrogen-bond donors (Lipinski definition) is 2. The SMILES string of the molecule is Cc1nc(NN)cc(N2CCS(=O)CC2)n1. The van der Waals surface area contributed by atoms with Crippen LogP contribution >= 0.6 is 0 Å². The molecule has 0 radical (unpaired) electrons. The number of aryl methyl sites for hydroxylation is 1. The molecule has 0 bridgehead atoms. The van der Waals surface area contributed by atoms with Crippen LogP contribution in [0.25, 0.3) is 0 Å². The lowest BCUT2D eigenvalue weighted by atomic mass is 10.4. The maximum absolute atomic E-state index is 11.2. The molecule has 1 aliphatic rings. The minimum atomic E-state index is -0.673. The molecule has 2 heterocycles. The summed E-state index contributed by atoms with van der Waals surface area (Å²) in [4.78, 5) is 10.6. The van der Waals surface area contributed by atoms with Gasteiger partial charge in [0.1, 0.15) is 17.5 Å². The first-order valence-electron chi connectivity index (χ1n) is 5.11. The van der Waals surface area contributed by atoms with Crippen molar-refractivity contribution in [3.8, 4) is 0 Å². The molecule has 16 heavy (non-hydrogen) atoms. The van der Waals surface area contributed by atoms with Gasteiger partial charge < -0.3 is 10.3 Å². The summed E-state index contributed by atoms with van der Waals surface area (Å²) in [5.74, 6) is 8.87. The molecule has 7 heteroatoms. The number of anilines is 2. The summed E-state index contributed by atoms with van der Waals surface area (Å²) < 4.78 is 11.2. The van der Waals surface area contributed by atoms with Gasteiger partial charge in [-0.3, -0.25) is 4.21 Å². The highest BCUT2D eigenvalue weighted by Crippen LogP contribution is 2.16. The van der Waals surface area contributed by atoms with Gasteiger partial charge in [0.25, 0.3) is 0 Å². The van der Waals surface area contributed by atoms with Crippen molar-refractivity contribution in [3.63, 3.8) is 0 Å². The molecule has 0 spiro atoms. The molecular weight excluding hydrogens is 226 g/mol. The van der Waals surface area contributed by atoms with Crippen LogP contribution in [-0.4, -0.2) is 38.8 Å². The van der Waals surface area contributed by atoms with Gasteiger partial charge in [-0.05, 0) is 6.92 Å². The molecule has 0 aliphatic carbocycles. The van der Waals surface area contributed by atoms with Gasteiger partial charge in [-0.25, -0.2) is 15.8 Å². The van der Waals surface area contributed by atoms with Crippen LogP contribution in [0, 0.1) is 6.92 Å². The summed E-state index contributed by atoms with van der Waals surface area (Å²) in [7, 11) is -0.673.